The lowest BCUT2D eigenvalue weighted by molar-refractivity contribution is -0.181. The second-order valence-electron chi connectivity index (χ2n) is 6.58. The highest BCUT2D eigenvalue weighted by molar-refractivity contribution is 5.94. The molecule has 0 aromatic carbocycles. The largest absolute Gasteiger partial charge is 0.426 e. The van der Waals surface area contributed by atoms with Crippen LogP contribution in [0.5, 0.6) is 0 Å². The van der Waals surface area contributed by atoms with Crippen LogP contribution in [-0.4, -0.2) is 18.9 Å². The fourth-order valence-corrected chi connectivity index (χ4v) is 2.79. The van der Waals surface area contributed by atoms with Gasteiger partial charge in [0.15, 0.2) is 0 Å². The predicted molar refractivity (Wildman–Crippen MR) is 95.2 cm³/mol. The van der Waals surface area contributed by atoms with Gasteiger partial charge in [0.25, 0.3) is 0 Å². The molecule has 3 heteroatoms. The maximum atomic E-state index is 11.7. The standard InChI is InChI=1S/C20H34O3/c1-4-5-6-7-8-9-10-11-12-13-14-15-16-18-17-20(2,22-3)23-19(18)21/h15-17H,4-14H2,1-3H3/b16-15+. The lowest BCUT2D eigenvalue weighted by Gasteiger charge is -2.17. The Morgan fingerprint density at radius 2 is 1.61 bits per heavy atom. The van der Waals surface area contributed by atoms with Crippen LogP contribution in [0.25, 0.3) is 0 Å². The molecule has 0 N–H and O–H groups in total. The molecule has 3 nitrogen and oxygen atoms in total. The van der Waals surface area contributed by atoms with Gasteiger partial charge in [-0.3, -0.25) is 0 Å². The monoisotopic (exact) mass is 322 g/mol. The van der Waals surface area contributed by atoms with Crippen molar-refractivity contribution in [2.24, 2.45) is 0 Å². The Morgan fingerprint density at radius 3 is 2.13 bits per heavy atom. The first-order valence-electron chi connectivity index (χ1n) is 9.29. The number of esters is 1. The first kappa shape index (κ1) is 20.0. The molecule has 0 spiro atoms. The number of rotatable bonds is 13. The third-order valence-electron chi connectivity index (χ3n) is 4.38. The van der Waals surface area contributed by atoms with Gasteiger partial charge >= 0.3 is 5.97 Å². The number of hydrogen-bond acceptors (Lipinski definition) is 3. The van der Waals surface area contributed by atoms with Gasteiger partial charge in [0.05, 0.1) is 5.57 Å². The van der Waals surface area contributed by atoms with Crippen molar-refractivity contribution in [3.8, 4) is 0 Å². The number of carbonyl (C=O) groups excluding carboxylic acids is 1. The summed E-state index contributed by atoms with van der Waals surface area (Å²) >= 11 is 0. The van der Waals surface area contributed by atoms with Crippen LogP contribution in [-0.2, 0) is 14.3 Å². The van der Waals surface area contributed by atoms with E-state index in [0.29, 0.717) is 5.57 Å². The van der Waals surface area contributed by atoms with Crippen molar-refractivity contribution in [2.45, 2.75) is 90.3 Å². The summed E-state index contributed by atoms with van der Waals surface area (Å²) in [7, 11) is 1.54. The quantitative estimate of drug-likeness (QED) is 0.322. The van der Waals surface area contributed by atoms with Gasteiger partial charge < -0.3 is 9.47 Å². The zero-order valence-corrected chi connectivity index (χ0v) is 15.2. The maximum absolute atomic E-state index is 11.7. The summed E-state index contributed by atoms with van der Waals surface area (Å²) in [4.78, 5) is 11.7. The van der Waals surface area contributed by atoms with Crippen molar-refractivity contribution >= 4 is 5.97 Å². The molecule has 0 saturated heterocycles. The van der Waals surface area contributed by atoms with Crippen molar-refractivity contribution in [3.05, 3.63) is 23.8 Å². The molecule has 1 aliphatic heterocycles. The minimum absolute atomic E-state index is 0.298. The van der Waals surface area contributed by atoms with Gasteiger partial charge in [-0.05, 0) is 12.8 Å². The van der Waals surface area contributed by atoms with Crippen molar-refractivity contribution in [2.75, 3.05) is 7.11 Å². The van der Waals surface area contributed by atoms with Gasteiger partial charge in [0.2, 0.25) is 5.79 Å². The van der Waals surface area contributed by atoms with E-state index in [0.717, 1.165) is 6.42 Å². The molecule has 1 heterocycles. The summed E-state index contributed by atoms with van der Waals surface area (Å²) in [5.74, 6) is -1.19. The van der Waals surface area contributed by atoms with Gasteiger partial charge in [-0.2, -0.15) is 0 Å². The third kappa shape index (κ3) is 8.36. The Kier molecular flexibility index (Phi) is 9.93. The Labute approximate surface area is 142 Å². The van der Waals surface area contributed by atoms with Gasteiger partial charge in [-0.1, -0.05) is 76.9 Å². The normalized spacial score (nSPS) is 21.0. The average Bonchev–Trinajstić information content (AvgIpc) is 2.83. The van der Waals surface area contributed by atoms with Crippen LogP contribution in [0.1, 0.15) is 84.5 Å². The molecule has 132 valence electrons. The van der Waals surface area contributed by atoms with Crippen molar-refractivity contribution in [1.82, 2.24) is 0 Å². The lowest BCUT2D eigenvalue weighted by Crippen LogP contribution is -2.25. The molecule has 1 unspecified atom stereocenters. The second kappa shape index (κ2) is 11.4. The Morgan fingerprint density at radius 1 is 1.04 bits per heavy atom. The molecule has 0 radical (unpaired) electrons. The van der Waals surface area contributed by atoms with E-state index < -0.39 is 5.79 Å². The van der Waals surface area contributed by atoms with Crippen LogP contribution in [0.3, 0.4) is 0 Å². The topological polar surface area (TPSA) is 35.5 Å². The van der Waals surface area contributed by atoms with E-state index in [4.69, 9.17) is 9.47 Å². The molecule has 0 amide bonds. The molecular formula is C20H34O3. The smallest absolute Gasteiger partial charge is 0.340 e. The second-order valence-corrected chi connectivity index (χ2v) is 6.58. The Balaban J connectivity index is 2.01. The number of carbonyl (C=O) groups is 1. The number of allylic oxidation sites excluding steroid dienone is 1. The zero-order chi connectivity index (χ0) is 17.0. The molecule has 23 heavy (non-hydrogen) atoms. The molecule has 0 aromatic rings. The summed E-state index contributed by atoms with van der Waals surface area (Å²) in [6.07, 6.45) is 20.1. The first-order valence-corrected chi connectivity index (χ1v) is 9.29. The number of cyclic esters (lactones) is 1. The molecule has 1 atom stereocenters. The van der Waals surface area contributed by atoms with E-state index >= 15 is 0 Å². The summed E-state index contributed by atoms with van der Waals surface area (Å²) in [5, 5.41) is 0. The first-order chi connectivity index (χ1) is 11.1. The van der Waals surface area contributed by atoms with Crippen molar-refractivity contribution in [1.29, 1.82) is 0 Å². The van der Waals surface area contributed by atoms with Crippen LogP contribution in [0.15, 0.2) is 23.8 Å². The fourth-order valence-electron chi connectivity index (χ4n) is 2.79. The molecule has 1 aliphatic rings. The minimum atomic E-state index is -0.895. The van der Waals surface area contributed by atoms with Gasteiger partial charge in [0.1, 0.15) is 0 Å². The highest BCUT2D eigenvalue weighted by atomic mass is 16.7. The number of ether oxygens (including phenoxy) is 2. The molecule has 1 rings (SSSR count). The van der Waals surface area contributed by atoms with Crippen LogP contribution < -0.4 is 0 Å². The lowest BCUT2D eigenvalue weighted by atomic mass is 10.1. The van der Waals surface area contributed by atoms with E-state index in [1.165, 1.54) is 64.2 Å². The van der Waals surface area contributed by atoms with Gasteiger partial charge in [-0.15, -0.1) is 0 Å². The van der Waals surface area contributed by atoms with E-state index in [1.807, 2.05) is 6.08 Å². The number of methoxy groups -OCH3 is 1. The zero-order valence-electron chi connectivity index (χ0n) is 15.2. The summed E-state index contributed by atoms with van der Waals surface area (Å²) in [5.41, 5.74) is 0.599. The Hall–Kier alpha value is -1.09. The summed E-state index contributed by atoms with van der Waals surface area (Å²) < 4.78 is 10.3. The number of hydrogen-bond donors (Lipinski definition) is 0. The van der Waals surface area contributed by atoms with E-state index in [9.17, 15) is 4.79 Å². The van der Waals surface area contributed by atoms with Crippen LogP contribution in [0.2, 0.25) is 0 Å². The van der Waals surface area contributed by atoms with Crippen molar-refractivity contribution < 1.29 is 14.3 Å². The van der Waals surface area contributed by atoms with Crippen molar-refractivity contribution in [3.63, 3.8) is 0 Å². The molecule has 0 aromatic heterocycles. The Bertz CT molecular complexity index is 398. The molecule has 0 saturated carbocycles. The van der Waals surface area contributed by atoms with E-state index in [-0.39, 0.29) is 5.97 Å². The highest BCUT2D eigenvalue weighted by Crippen LogP contribution is 2.25. The molecule has 0 aliphatic carbocycles. The number of unbranched alkanes of at least 4 members (excludes halogenated alkanes) is 10. The SMILES string of the molecule is CCCCCCCCCCCC/C=C/C1=CC(C)(OC)OC1=O. The third-order valence-corrected chi connectivity index (χ3v) is 4.38. The summed E-state index contributed by atoms with van der Waals surface area (Å²) in [6.45, 7) is 4.00. The highest BCUT2D eigenvalue weighted by Gasteiger charge is 2.34. The maximum Gasteiger partial charge on any atom is 0.340 e. The summed E-state index contributed by atoms with van der Waals surface area (Å²) in [6, 6.07) is 0. The molecule has 0 fully saturated rings. The molecular weight excluding hydrogens is 288 g/mol. The predicted octanol–water partition coefficient (Wildman–Crippen LogP) is 5.70. The van der Waals surface area contributed by atoms with Crippen LogP contribution >= 0.6 is 0 Å². The van der Waals surface area contributed by atoms with E-state index in [2.05, 4.69) is 13.0 Å². The average molecular weight is 322 g/mol. The van der Waals surface area contributed by atoms with Crippen LogP contribution in [0, 0.1) is 0 Å². The minimum Gasteiger partial charge on any atom is -0.426 e. The van der Waals surface area contributed by atoms with Crippen LogP contribution in [0.4, 0.5) is 0 Å². The van der Waals surface area contributed by atoms with Gasteiger partial charge in [-0.25, -0.2) is 4.79 Å². The van der Waals surface area contributed by atoms with E-state index in [1.54, 1.807) is 20.1 Å². The fraction of sp³-hybridized carbons (Fsp3) is 0.750. The molecule has 0 bridgehead atoms. The van der Waals surface area contributed by atoms with Gasteiger partial charge in [0, 0.05) is 20.1 Å².